The van der Waals surface area contributed by atoms with Crippen LogP contribution >= 0.6 is 0 Å². The highest BCUT2D eigenvalue weighted by Crippen LogP contribution is 2.19. The highest BCUT2D eigenvalue weighted by Gasteiger charge is 2.13. The molecule has 5 heteroatoms. The zero-order valence-electron chi connectivity index (χ0n) is 13.4. The molecular weight excluding hydrogens is 297 g/mol. The van der Waals surface area contributed by atoms with Crippen molar-refractivity contribution in [1.29, 1.82) is 0 Å². The minimum atomic E-state index is -0.850. The average molecular weight is 317 g/mol. The number of aliphatic hydroxyl groups excluding tert-OH is 1. The first-order valence-corrected chi connectivity index (χ1v) is 7.29. The number of hydrogen-bond acceptors (Lipinski definition) is 3. The number of aliphatic hydroxyl groups is 1. The van der Waals surface area contributed by atoms with Crippen LogP contribution in [-0.2, 0) is 0 Å². The smallest absolute Gasteiger partial charge is 0.251 e. The number of rotatable bonds is 5. The van der Waals surface area contributed by atoms with E-state index in [-0.39, 0.29) is 18.3 Å². The average Bonchev–Trinajstić information content (AvgIpc) is 2.56. The van der Waals surface area contributed by atoms with E-state index in [1.807, 2.05) is 0 Å². The van der Waals surface area contributed by atoms with Gasteiger partial charge in [-0.1, -0.05) is 12.1 Å². The summed E-state index contributed by atoms with van der Waals surface area (Å²) in [6.07, 6.45) is -0.850. The Morgan fingerprint density at radius 1 is 1.26 bits per heavy atom. The molecule has 23 heavy (non-hydrogen) atoms. The number of benzene rings is 2. The first-order valence-electron chi connectivity index (χ1n) is 7.29. The standard InChI is InChI=1S/C18H20FNO3/c1-11-7-14(8-12(2)17(11)19)18(22)20-10-16(21)13-5-4-6-15(9-13)23-3/h4-9,16,21H,10H2,1-3H3,(H,20,22). The molecule has 0 heterocycles. The molecule has 0 fully saturated rings. The monoisotopic (exact) mass is 317 g/mol. The van der Waals surface area contributed by atoms with Crippen molar-refractivity contribution < 1.29 is 19.0 Å². The first kappa shape index (κ1) is 17.0. The number of hydrogen-bond donors (Lipinski definition) is 2. The molecule has 1 atom stereocenters. The summed E-state index contributed by atoms with van der Waals surface area (Å²) in [6, 6.07) is 10.0. The molecule has 0 aliphatic rings. The van der Waals surface area contributed by atoms with Crippen molar-refractivity contribution in [3.8, 4) is 5.75 Å². The van der Waals surface area contributed by atoms with Gasteiger partial charge in [-0.05, 0) is 54.8 Å². The van der Waals surface area contributed by atoms with Gasteiger partial charge in [-0.3, -0.25) is 4.79 Å². The zero-order chi connectivity index (χ0) is 17.0. The van der Waals surface area contributed by atoms with Gasteiger partial charge in [0.05, 0.1) is 13.2 Å². The van der Waals surface area contributed by atoms with Crippen LogP contribution in [0, 0.1) is 19.7 Å². The molecule has 0 aromatic heterocycles. The summed E-state index contributed by atoms with van der Waals surface area (Å²) in [7, 11) is 1.55. The molecular formula is C18H20FNO3. The summed E-state index contributed by atoms with van der Waals surface area (Å²) in [6.45, 7) is 3.29. The molecule has 4 nitrogen and oxygen atoms in total. The topological polar surface area (TPSA) is 58.6 Å². The van der Waals surface area contributed by atoms with Gasteiger partial charge in [0, 0.05) is 12.1 Å². The van der Waals surface area contributed by atoms with E-state index >= 15 is 0 Å². The van der Waals surface area contributed by atoms with Crippen LogP contribution in [0.4, 0.5) is 4.39 Å². The third-order valence-electron chi connectivity index (χ3n) is 3.63. The Kier molecular flexibility index (Phi) is 5.34. The van der Waals surface area contributed by atoms with Crippen molar-refractivity contribution in [2.24, 2.45) is 0 Å². The van der Waals surface area contributed by atoms with Gasteiger partial charge in [0.25, 0.3) is 5.91 Å². The highest BCUT2D eigenvalue weighted by molar-refractivity contribution is 5.94. The lowest BCUT2D eigenvalue weighted by Gasteiger charge is -2.14. The number of amides is 1. The van der Waals surface area contributed by atoms with Gasteiger partial charge >= 0.3 is 0 Å². The molecule has 1 amide bonds. The van der Waals surface area contributed by atoms with Crippen molar-refractivity contribution in [1.82, 2.24) is 5.32 Å². The predicted molar refractivity (Wildman–Crippen MR) is 86.2 cm³/mol. The molecule has 0 saturated heterocycles. The fourth-order valence-corrected chi connectivity index (χ4v) is 2.34. The molecule has 2 rings (SSSR count). The molecule has 2 N–H and O–H groups in total. The maximum atomic E-state index is 13.6. The fraction of sp³-hybridized carbons (Fsp3) is 0.278. The van der Waals surface area contributed by atoms with Gasteiger partial charge in [0.1, 0.15) is 11.6 Å². The van der Waals surface area contributed by atoms with Gasteiger partial charge in [0.2, 0.25) is 0 Å². The quantitative estimate of drug-likeness (QED) is 0.891. The summed E-state index contributed by atoms with van der Waals surface area (Å²) in [5.74, 6) is -0.0197. The van der Waals surface area contributed by atoms with Crippen LogP contribution in [0.5, 0.6) is 5.75 Å². The number of methoxy groups -OCH3 is 1. The molecule has 2 aromatic carbocycles. The summed E-state index contributed by atoms with van der Waals surface area (Å²) >= 11 is 0. The van der Waals surface area contributed by atoms with E-state index in [0.29, 0.717) is 28.0 Å². The molecule has 2 aromatic rings. The van der Waals surface area contributed by atoms with Crippen LogP contribution < -0.4 is 10.1 Å². The number of nitrogens with one attached hydrogen (secondary N) is 1. The van der Waals surface area contributed by atoms with Crippen LogP contribution in [0.15, 0.2) is 36.4 Å². The lowest BCUT2D eigenvalue weighted by Crippen LogP contribution is -2.28. The van der Waals surface area contributed by atoms with Gasteiger partial charge in [-0.25, -0.2) is 4.39 Å². The number of aryl methyl sites for hydroxylation is 2. The van der Waals surface area contributed by atoms with Gasteiger partial charge in [-0.15, -0.1) is 0 Å². The van der Waals surface area contributed by atoms with E-state index in [2.05, 4.69) is 5.32 Å². The molecule has 0 aliphatic heterocycles. The van der Waals surface area contributed by atoms with Crippen LogP contribution in [0.3, 0.4) is 0 Å². The van der Waals surface area contributed by atoms with Gasteiger partial charge in [0.15, 0.2) is 0 Å². The Labute approximate surface area is 134 Å². The van der Waals surface area contributed by atoms with E-state index in [1.54, 1.807) is 45.2 Å². The molecule has 0 radical (unpaired) electrons. The predicted octanol–water partition coefficient (Wildman–Crippen LogP) is 2.91. The van der Waals surface area contributed by atoms with E-state index in [4.69, 9.17) is 4.74 Å². The lowest BCUT2D eigenvalue weighted by atomic mass is 10.1. The third-order valence-corrected chi connectivity index (χ3v) is 3.63. The van der Waals surface area contributed by atoms with Crippen LogP contribution in [-0.4, -0.2) is 24.7 Å². The fourth-order valence-electron chi connectivity index (χ4n) is 2.34. The SMILES string of the molecule is COc1cccc(C(O)CNC(=O)c2cc(C)c(F)c(C)c2)c1. The van der Waals surface area contributed by atoms with Crippen molar-refractivity contribution >= 4 is 5.91 Å². The Morgan fingerprint density at radius 2 is 1.91 bits per heavy atom. The van der Waals surface area contributed by atoms with E-state index in [0.717, 1.165) is 0 Å². The van der Waals surface area contributed by atoms with Gasteiger partial charge < -0.3 is 15.2 Å². The van der Waals surface area contributed by atoms with Crippen LogP contribution in [0.2, 0.25) is 0 Å². The molecule has 0 spiro atoms. The minimum absolute atomic E-state index is 0.0570. The maximum absolute atomic E-state index is 13.6. The normalized spacial score (nSPS) is 11.9. The zero-order valence-corrected chi connectivity index (χ0v) is 13.4. The Balaban J connectivity index is 2.03. The first-order chi connectivity index (χ1) is 10.9. The summed E-state index contributed by atoms with van der Waals surface area (Å²) in [5, 5.41) is 12.8. The minimum Gasteiger partial charge on any atom is -0.497 e. The highest BCUT2D eigenvalue weighted by atomic mass is 19.1. The largest absolute Gasteiger partial charge is 0.497 e. The molecule has 0 saturated carbocycles. The van der Waals surface area contributed by atoms with Gasteiger partial charge in [-0.2, -0.15) is 0 Å². The second-order valence-corrected chi connectivity index (χ2v) is 5.43. The number of ether oxygens (including phenoxy) is 1. The van der Waals surface area contributed by atoms with Crippen molar-refractivity contribution in [2.75, 3.05) is 13.7 Å². The van der Waals surface area contributed by atoms with E-state index in [9.17, 15) is 14.3 Å². The Hall–Kier alpha value is -2.40. The number of carbonyl (C=O) groups excluding carboxylic acids is 1. The summed E-state index contributed by atoms with van der Waals surface area (Å²) in [5.41, 5.74) is 1.86. The summed E-state index contributed by atoms with van der Waals surface area (Å²) in [4.78, 5) is 12.1. The summed E-state index contributed by atoms with van der Waals surface area (Å²) < 4.78 is 18.7. The second-order valence-electron chi connectivity index (χ2n) is 5.43. The van der Waals surface area contributed by atoms with Crippen molar-refractivity contribution in [2.45, 2.75) is 20.0 Å². The molecule has 0 bridgehead atoms. The third kappa shape index (κ3) is 4.07. The molecule has 122 valence electrons. The lowest BCUT2D eigenvalue weighted by molar-refractivity contribution is 0.0916. The Morgan fingerprint density at radius 3 is 2.52 bits per heavy atom. The van der Waals surface area contributed by atoms with Crippen molar-refractivity contribution in [3.63, 3.8) is 0 Å². The number of carbonyl (C=O) groups is 1. The number of halogens is 1. The maximum Gasteiger partial charge on any atom is 0.251 e. The van der Waals surface area contributed by atoms with E-state index < -0.39 is 6.10 Å². The van der Waals surface area contributed by atoms with Crippen LogP contribution in [0.1, 0.15) is 33.2 Å². The van der Waals surface area contributed by atoms with E-state index in [1.165, 1.54) is 12.1 Å². The molecule has 0 aliphatic carbocycles. The van der Waals surface area contributed by atoms with Crippen LogP contribution in [0.25, 0.3) is 0 Å². The second kappa shape index (κ2) is 7.24. The molecule has 1 unspecified atom stereocenters. The van der Waals surface area contributed by atoms with Crippen molar-refractivity contribution in [3.05, 3.63) is 64.5 Å². The Bertz CT molecular complexity index is 692.